The zero-order chi connectivity index (χ0) is 27.5. The Bertz CT molecular complexity index is 1120. The molecule has 4 heteroatoms. The maximum absolute atomic E-state index is 7.05. The first-order chi connectivity index (χ1) is 19.1. The molecule has 0 aliphatic heterocycles. The van der Waals surface area contributed by atoms with E-state index >= 15 is 0 Å². The molecule has 0 radical (unpaired) electrons. The molecule has 4 rings (SSSR count). The van der Waals surface area contributed by atoms with E-state index in [0.717, 1.165) is 46.3 Å². The second-order valence-electron chi connectivity index (χ2n) is 10.8. The van der Waals surface area contributed by atoms with Crippen molar-refractivity contribution in [1.29, 1.82) is 0 Å². The highest BCUT2D eigenvalue weighted by Gasteiger charge is 2.46. The Kier molecular flexibility index (Phi) is 12.0. The molecule has 0 atom stereocenters. The molecule has 0 heterocycles. The number of rotatable bonds is 17. The number of ether oxygens (including phenoxy) is 2. The quantitative estimate of drug-likeness (QED) is 0.135. The van der Waals surface area contributed by atoms with Gasteiger partial charge in [0.1, 0.15) is 11.4 Å². The minimum atomic E-state index is -0.653. The lowest BCUT2D eigenvalue weighted by atomic mass is 9.84. The Labute approximate surface area is 253 Å². The van der Waals surface area contributed by atoms with E-state index in [9.17, 15) is 0 Å². The first-order valence-corrected chi connectivity index (χ1v) is 16.7. The van der Waals surface area contributed by atoms with Crippen LogP contribution in [0.1, 0.15) is 108 Å². The van der Waals surface area contributed by atoms with Gasteiger partial charge in [0, 0.05) is 26.7 Å². The molecule has 2 nitrogen and oxygen atoms in total. The summed E-state index contributed by atoms with van der Waals surface area (Å²) in [6, 6.07) is 21.9. The van der Waals surface area contributed by atoms with Crippen molar-refractivity contribution in [2.75, 3.05) is 13.2 Å². The van der Waals surface area contributed by atoms with E-state index in [1.54, 1.807) is 0 Å². The van der Waals surface area contributed by atoms with Gasteiger partial charge < -0.3 is 9.47 Å². The molecule has 1 aliphatic rings. The van der Waals surface area contributed by atoms with E-state index in [1.165, 1.54) is 86.5 Å². The van der Waals surface area contributed by atoms with Gasteiger partial charge in [-0.1, -0.05) is 134 Å². The van der Waals surface area contributed by atoms with Crippen molar-refractivity contribution >= 4 is 31.9 Å². The van der Waals surface area contributed by atoms with Crippen LogP contribution in [0.2, 0.25) is 0 Å². The molecule has 0 N–H and O–H groups in total. The average molecular weight is 657 g/mol. The van der Waals surface area contributed by atoms with Crippen molar-refractivity contribution < 1.29 is 9.47 Å². The Balaban J connectivity index is 1.57. The number of halogens is 2. The number of hydrogen-bond donors (Lipinski definition) is 0. The van der Waals surface area contributed by atoms with Crippen molar-refractivity contribution in [3.63, 3.8) is 0 Å². The van der Waals surface area contributed by atoms with E-state index < -0.39 is 5.60 Å². The van der Waals surface area contributed by atoms with Gasteiger partial charge in [-0.05, 0) is 65.9 Å². The van der Waals surface area contributed by atoms with Crippen LogP contribution in [0, 0.1) is 0 Å². The molecular weight excluding hydrogens is 612 g/mol. The summed E-state index contributed by atoms with van der Waals surface area (Å²) in [5.41, 5.74) is 5.39. The summed E-state index contributed by atoms with van der Waals surface area (Å²) in [6.45, 7) is 6.02. The SMILES string of the molecule is CCCCCCCCOc1ccc(C2(OCCCCCCCC)c3cc(Br)ccc3-c3ccc(Br)cc32)cc1. The summed E-state index contributed by atoms with van der Waals surface area (Å²) >= 11 is 7.49. The first kappa shape index (κ1) is 30.3. The molecule has 210 valence electrons. The van der Waals surface area contributed by atoms with E-state index in [2.05, 4.69) is 106 Å². The van der Waals surface area contributed by atoms with Gasteiger partial charge in [-0.2, -0.15) is 0 Å². The number of hydrogen-bond acceptors (Lipinski definition) is 2. The van der Waals surface area contributed by atoms with Crippen LogP contribution in [0.25, 0.3) is 11.1 Å². The van der Waals surface area contributed by atoms with E-state index in [0.29, 0.717) is 0 Å². The van der Waals surface area contributed by atoms with Crippen LogP contribution in [-0.2, 0) is 10.3 Å². The topological polar surface area (TPSA) is 18.5 Å². The predicted molar refractivity (Wildman–Crippen MR) is 172 cm³/mol. The highest BCUT2D eigenvalue weighted by molar-refractivity contribution is 9.10. The lowest BCUT2D eigenvalue weighted by Crippen LogP contribution is -2.31. The van der Waals surface area contributed by atoms with Crippen LogP contribution >= 0.6 is 31.9 Å². The van der Waals surface area contributed by atoms with Crippen molar-refractivity contribution in [1.82, 2.24) is 0 Å². The van der Waals surface area contributed by atoms with Crippen LogP contribution < -0.4 is 4.74 Å². The van der Waals surface area contributed by atoms with Crippen LogP contribution in [0.5, 0.6) is 5.75 Å². The Morgan fingerprint density at radius 2 is 1.05 bits per heavy atom. The molecule has 1 aliphatic carbocycles. The van der Waals surface area contributed by atoms with E-state index in [4.69, 9.17) is 9.47 Å². The van der Waals surface area contributed by atoms with Gasteiger partial charge in [-0.3, -0.25) is 0 Å². The van der Waals surface area contributed by atoms with Crippen LogP contribution in [0.15, 0.2) is 69.6 Å². The van der Waals surface area contributed by atoms with Gasteiger partial charge in [0.2, 0.25) is 0 Å². The fraction of sp³-hybridized carbons (Fsp3) is 0.486. The molecular formula is C35H44Br2O2. The monoisotopic (exact) mass is 654 g/mol. The molecule has 0 amide bonds. The number of fused-ring (bicyclic) bond motifs is 3. The van der Waals surface area contributed by atoms with Crippen molar-refractivity contribution in [3.05, 3.63) is 86.3 Å². The van der Waals surface area contributed by atoms with E-state index in [1.807, 2.05) is 0 Å². The predicted octanol–water partition coefficient (Wildman–Crippen LogP) is 11.6. The number of unbranched alkanes of at least 4 members (excludes halogenated alkanes) is 10. The summed E-state index contributed by atoms with van der Waals surface area (Å²) in [6.07, 6.45) is 15.1. The highest BCUT2D eigenvalue weighted by Crippen LogP contribution is 2.54. The largest absolute Gasteiger partial charge is 0.494 e. The lowest BCUT2D eigenvalue weighted by molar-refractivity contribution is 0.0137. The molecule has 0 aromatic heterocycles. The molecule has 39 heavy (non-hydrogen) atoms. The highest BCUT2D eigenvalue weighted by atomic mass is 79.9. The van der Waals surface area contributed by atoms with Gasteiger partial charge in [-0.25, -0.2) is 0 Å². The Morgan fingerprint density at radius 1 is 0.564 bits per heavy atom. The molecule has 3 aromatic rings. The van der Waals surface area contributed by atoms with Gasteiger partial charge in [0.05, 0.1) is 6.61 Å². The van der Waals surface area contributed by atoms with Crippen molar-refractivity contribution in [2.24, 2.45) is 0 Å². The normalized spacial score (nSPS) is 13.3. The summed E-state index contributed by atoms with van der Waals surface area (Å²) < 4.78 is 15.3. The van der Waals surface area contributed by atoms with Crippen LogP contribution in [0.3, 0.4) is 0 Å². The van der Waals surface area contributed by atoms with Crippen molar-refractivity contribution in [2.45, 2.75) is 96.5 Å². The smallest absolute Gasteiger partial charge is 0.145 e. The zero-order valence-corrected chi connectivity index (χ0v) is 26.9. The van der Waals surface area contributed by atoms with E-state index in [-0.39, 0.29) is 0 Å². The third kappa shape index (κ3) is 7.57. The van der Waals surface area contributed by atoms with Gasteiger partial charge >= 0.3 is 0 Å². The van der Waals surface area contributed by atoms with Gasteiger partial charge in [0.15, 0.2) is 0 Å². The first-order valence-electron chi connectivity index (χ1n) is 15.1. The average Bonchev–Trinajstić information content (AvgIpc) is 3.21. The third-order valence-corrected chi connectivity index (χ3v) is 8.84. The second-order valence-corrected chi connectivity index (χ2v) is 12.6. The van der Waals surface area contributed by atoms with Crippen LogP contribution in [0.4, 0.5) is 0 Å². The fourth-order valence-electron chi connectivity index (χ4n) is 5.75. The fourth-order valence-corrected chi connectivity index (χ4v) is 6.47. The summed E-state index contributed by atoms with van der Waals surface area (Å²) in [5, 5.41) is 0. The number of benzene rings is 3. The minimum Gasteiger partial charge on any atom is -0.494 e. The summed E-state index contributed by atoms with van der Waals surface area (Å²) in [7, 11) is 0. The maximum Gasteiger partial charge on any atom is 0.145 e. The van der Waals surface area contributed by atoms with Gasteiger partial charge in [0.25, 0.3) is 0 Å². The molecule has 0 bridgehead atoms. The van der Waals surface area contributed by atoms with Crippen LogP contribution in [-0.4, -0.2) is 13.2 Å². The van der Waals surface area contributed by atoms with Gasteiger partial charge in [-0.15, -0.1) is 0 Å². The molecule has 0 unspecified atom stereocenters. The second kappa shape index (κ2) is 15.4. The molecule has 0 spiro atoms. The molecule has 0 saturated carbocycles. The summed E-state index contributed by atoms with van der Waals surface area (Å²) in [4.78, 5) is 0. The Morgan fingerprint density at radius 3 is 1.59 bits per heavy atom. The third-order valence-electron chi connectivity index (χ3n) is 7.86. The molecule has 0 fully saturated rings. The summed E-state index contributed by atoms with van der Waals surface area (Å²) in [5.74, 6) is 0.931. The zero-order valence-electron chi connectivity index (χ0n) is 23.7. The standard InChI is InChI=1S/C35H44Br2O2/c1-3-5-7-9-11-13-23-38-30-19-15-27(16-20-30)35(39-24-14-12-10-8-6-4-2)33-25-28(36)17-21-31(33)32-22-18-29(37)26-34(32)35/h15-22,25-26H,3-14,23-24H2,1-2H3. The molecule has 0 saturated heterocycles. The lowest BCUT2D eigenvalue weighted by Gasteiger charge is -2.33. The minimum absolute atomic E-state index is 0.653. The molecule has 3 aromatic carbocycles. The van der Waals surface area contributed by atoms with Crippen molar-refractivity contribution in [3.8, 4) is 16.9 Å². The maximum atomic E-state index is 7.05. The Hall–Kier alpha value is -1.62.